The van der Waals surface area contributed by atoms with Crippen molar-refractivity contribution in [2.45, 2.75) is 6.61 Å². The molecule has 2 rings (SSSR count). The van der Waals surface area contributed by atoms with Crippen LogP contribution >= 0.6 is 39.1 Å². The van der Waals surface area contributed by atoms with Gasteiger partial charge in [0, 0.05) is 4.47 Å². The Morgan fingerprint density at radius 1 is 1.00 bits per heavy atom. The Labute approximate surface area is 118 Å². The molecule has 0 saturated heterocycles. The predicted molar refractivity (Wildman–Crippen MR) is 74.9 cm³/mol. The van der Waals surface area contributed by atoms with Crippen LogP contribution in [-0.2, 0) is 6.61 Å². The van der Waals surface area contributed by atoms with Crippen LogP contribution in [0.25, 0.3) is 0 Å². The molecule has 2 aromatic rings. The summed E-state index contributed by atoms with van der Waals surface area (Å²) in [4.78, 5) is 0. The van der Waals surface area contributed by atoms with E-state index < -0.39 is 0 Å². The van der Waals surface area contributed by atoms with Crippen molar-refractivity contribution in [3.63, 3.8) is 0 Å². The topological polar surface area (TPSA) is 9.23 Å². The molecule has 17 heavy (non-hydrogen) atoms. The van der Waals surface area contributed by atoms with Crippen molar-refractivity contribution >= 4 is 39.1 Å². The molecule has 0 atom stereocenters. The maximum atomic E-state index is 6.01. The van der Waals surface area contributed by atoms with E-state index in [2.05, 4.69) is 15.9 Å². The van der Waals surface area contributed by atoms with Crippen LogP contribution in [0.3, 0.4) is 0 Å². The quantitative estimate of drug-likeness (QED) is 0.738. The molecular formula is C13H9BrCl2O. The maximum absolute atomic E-state index is 6.01. The van der Waals surface area contributed by atoms with Crippen molar-refractivity contribution in [3.05, 3.63) is 62.5 Å². The highest BCUT2D eigenvalue weighted by molar-refractivity contribution is 9.10. The molecule has 0 bridgehead atoms. The van der Waals surface area contributed by atoms with E-state index in [1.807, 2.05) is 24.3 Å². The van der Waals surface area contributed by atoms with E-state index in [1.54, 1.807) is 18.2 Å². The monoisotopic (exact) mass is 330 g/mol. The van der Waals surface area contributed by atoms with Crippen molar-refractivity contribution in [2.24, 2.45) is 0 Å². The molecule has 0 amide bonds. The van der Waals surface area contributed by atoms with Gasteiger partial charge in [-0.25, -0.2) is 0 Å². The molecular weight excluding hydrogens is 323 g/mol. The van der Waals surface area contributed by atoms with Crippen molar-refractivity contribution < 1.29 is 4.74 Å². The normalized spacial score (nSPS) is 10.3. The molecule has 0 N–H and O–H groups in total. The van der Waals surface area contributed by atoms with E-state index in [-0.39, 0.29) is 0 Å². The van der Waals surface area contributed by atoms with Crippen LogP contribution in [0.2, 0.25) is 10.0 Å². The number of hydrogen-bond donors (Lipinski definition) is 0. The molecule has 2 aromatic carbocycles. The SMILES string of the molecule is Clc1cccc(Cl)c1OCc1cccc(Br)c1. The number of ether oxygens (including phenoxy) is 1. The number of para-hydroxylation sites is 1. The zero-order chi connectivity index (χ0) is 12.3. The van der Waals surface area contributed by atoms with Crippen LogP contribution in [0, 0.1) is 0 Å². The van der Waals surface area contributed by atoms with Crippen molar-refractivity contribution in [1.82, 2.24) is 0 Å². The Morgan fingerprint density at radius 3 is 2.29 bits per heavy atom. The second-order valence-corrected chi connectivity index (χ2v) is 5.20. The summed E-state index contributed by atoms with van der Waals surface area (Å²) in [6.07, 6.45) is 0. The predicted octanol–water partition coefficient (Wildman–Crippen LogP) is 5.33. The van der Waals surface area contributed by atoms with Crippen LogP contribution in [0.15, 0.2) is 46.9 Å². The Balaban J connectivity index is 2.13. The molecule has 1 nitrogen and oxygen atoms in total. The smallest absolute Gasteiger partial charge is 0.156 e. The summed E-state index contributed by atoms with van der Waals surface area (Å²) in [6, 6.07) is 13.2. The lowest BCUT2D eigenvalue weighted by Gasteiger charge is -2.09. The summed E-state index contributed by atoms with van der Waals surface area (Å²) in [6.45, 7) is 0.433. The first-order valence-corrected chi connectivity index (χ1v) is 6.53. The second-order valence-electron chi connectivity index (χ2n) is 3.47. The molecule has 0 aromatic heterocycles. The van der Waals surface area contributed by atoms with E-state index in [4.69, 9.17) is 27.9 Å². The van der Waals surface area contributed by atoms with E-state index in [1.165, 1.54) is 0 Å². The van der Waals surface area contributed by atoms with Gasteiger partial charge < -0.3 is 4.74 Å². The van der Waals surface area contributed by atoms with Crippen LogP contribution in [0.4, 0.5) is 0 Å². The minimum absolute atomic E-state index is 0.433. The summed E-state index contributed by atoms with van der Waals surface area (Å²) in [5.41, 5.74) is 1.05. The van der Waals surface area contributed by atoms with Gasteiger partial charge in [0.05, 0.1) is 10.0 Å². The van der Waals surface area contributed by atoms with E-state index in [9.17, 15) is 0 Å². The van der Waals surface area contributed by atoms with Gasteiger partial charge in [-0.05, 0) is 29.8 Å². The Kier molecular flexibility index (Phi) is 4.32. The van der Waals surface area contributed by atoms with Gasteiger partial charge in [-0.1, -0.05) is 57.3 Å². The number of rotatable bonds is 3. The Bertz CT molecular complexity index is 508. The highest BCUT2D eigenvalue weighted by Crippen LogP contribution is 2.32. The molecule has 0 saturated carbocycles. The average Bonchev–Trinajstić information content (AvgIpc) is 2.28. The number of hydrogen-bond acceptors (Lipinski definition) is 1. The van der Waals surface area contributed by atoms with Gasteiger partial charge in [-0.3, -0.25) is 0 Å². The third-order valence-corrected chi connectivity index (χ3v) is 3.28. The van der Waals surface area contributed by atoms with E-state index in [0.717, 1.165) is 10.0 Å². The molecule has 88 valence electrons. The van der Waals surface area contributed by atoms with Crippen molar-refractivity contribution in [2.75, 3.05) is 0 Å². The standard InChI is InChI=1S/C13H9BrCl2O/c14-10-4-1-3-9(7-10)8-17-13-11(15)5-2-6-12(13)16/h1-7H,8H2. The van der Waals surface area contributed by atoms with Gasteiger partial charge in [0.1, 0.15) is 6.61 Å². The Morgan fingerprint density at radius 2 is 1.65 bits per heavy atom. The van der Waals surface area contributed by atoms with Crippen LogP contribution in [-0.4, -0.2) is 0 Å². The third-order valence-electron chi connectivity index (χ3n) is 2.19. The molecule has 0 aliphatic heterocycles. The summed E-state index contributed by atoms with van der Waals surface area (Å²) < 4.78 is 6.64. The van der Waals surface area contributed by atoms with Gasteiger partial charge in [-0.15, -0.1) is 0 Å². The summed E-state index contributed by atoms with van der Waals surface area (Å²) in [5.74, 6) is 0.524. The minimum Gasteiger partial charge on any atom is -0.486 e. The largest absolute Gasteiger partial charge is 0.486 e. The number of halogens is 3. The average molecular weight is 332 g/mol. The first kappa shape index (κ1) is 12.7. The molecule has 0 radical (unpaired) electrons. The fourth-order valence-electron chi connectivity index (χ4n) is 1.40. The van der Waals surface area contributed by atoms with Crippen LogP contribution < -0.4 is 4.74 Å². The van der Waals surface area contributed by atoms with Gasteiger partial charge in [0.2, 0.25) is 0 Å². The molecule has 0 aliphatic carbocycles. The molecule has 0 spiro atoms. The van der Waals surface area contributed by atoms with Gasteiger partial charge in [-0.2, -0.15) is 0 Å². The Hall–Kier alpha value is -0.700. The number of benzene rings is 2. The lowest BCUT2D eigenvalue weighted by molar-refractivity contribution is 0.306. The first-order valence-electron chi connectivity index (χ1n) is 4.98. The van der Waals surface area contributed by atoms with Gasteiger partial charge in [0.25, 0.3) is 0 Å². The lowest BCUT2D eigenvalue weighted by Crippen LogP contribution is -1.96. The van der Waals surface area contributed by atoms with Crippen molar-refractivity contribution in [1.29, 1.82) is 0 Å². The maximum Gasteiger partial charge on any atom is 0.156 e. The molecule has 0 fully saturated rings. The highest BCUT2D eigenvalue weighted by atomic mass is 79.9. The summed E-state index contributed by atoms with van der Waals surface area (Å²) in [7, 11) is 0. The molecule has 4 heteroatoms. The van der Waals surface area contributed by atoms with Crippen LogP contribution in [0.1, 0.15) is 5.56 Å². The molecule has 0 aliphatic rings. The zero-order valence-electron chi connectivity index (χ0n) is 8.79. The summed E-state index contributed by atoms with van der Waals surface area (Å²) >= 11 is 15.4. The highest BCUT2D eigenvalue weighted by Gasteiger charge is 2.06. The third kappa shape index (κ3) is 3.38. The van der Waals surface area contributed by atoms with Crippen molar-refractivity contribution in [3.8, 4) is 5.75 Å². The fourth-order valence-corrected chi connectivity index (χ4v) is 2.36. The van der Waals surface area contributed by atoms with Gasteiger partial charge >= 0.3 is 0 Å². The lowest BCUT2D eigenvalue weighted by atomic mass is 10.2. The molecule has 0 unspecified atom stereocenters. The zero-order valence-corrected chi connectivity index (χ0v) is 11.9. The van der Waals surface area contributed by atoms with E-state index in [0.29, 0.717) is 22.4 Å². The first-order chi connectivity index (χ1) is 8.16. The minimum atomic E-state index is 0.433. The van der Waals surface area contributed by atoms with Gasteiger partial charge in [0.15, 0.2) is 5.75 Å². The van der Waals surface area contributed by atoms with Crippen LogP contribution in [0.5, 0.6) is 5.75 Å². The fraction of sp³-hybridized carbons (Fsp3) is 0.0769. The summed E-state index contributed by atoms with van der Waals surface area (Å²) in [5, 5.41) is 1.04. The van der Waals surface area contributed by atoms with E-state index >= 15 is 0 Å². The molecule has 0 heterocycles. The second kappa shape index (κ2) is 5.76.